The van der Waals surface area contributed by atoms with Crippen molar-refractivity contribution in [3.63, 3.8) is 0 Å². The molecule has 0 radical (unpaired) electrons. The number of nitrogens with one attached hydrogen (secondary N) is 1. The third-order valence-electron chi connectivity index (χ3n) is 2.29. The van der Waals surface area contributed by atoms with Crippen LogP contribution in [0.2, 0.25) is 0 Å². The molecule has 0 bridgehead atoms. The number of hydrogen-bond acceptors (Lipinski definition) is 3. The summed E-state index contributed by atoms with van der Waals surface area (Å²) in [6.45, 7) is 0. The van der Waals surface area contributed by atoms with E-state index in [0.29, 0.717) is 10.4 Å². The van der Waals surface area contributed by atoms with Gasteiger partial charge in [0.1, 0.15) is 10.7 Å². The fourth-order valence-electron chi connectivity index (χ4n) is 1.56. The lowest BCUT2D eigenvalue weighted by atomic mass is 10.2. The zero-order chi connectivity index (χ0) is 14.0. The number of nitrogens with two attached hydrogens (primary N) is 1. The van der Waals surface area contributed by atoms with Crippen molar-refractivity contribution in [3.8, 4) is 10.4 Å². The predicted octanol–water partition coefficient (Wildman–Crippen LogP) is 2.74. The summed E-state index contributed by atoms with van der Waals surface area (Å²) in [5.74, 6) is -1.61. The van der Waals surface area contributed by atoms with Gasteiger partial charge in [0.15, 0.2) is 0 Å². The minimum atomic E-state index is -1.18. The van der Waals surface area contributed by atoms with E-state index in [-0.39, 0.29) is 10.6 Å². The molecule has 5 nitrogen and oxygen atoms in total. The monoisotopic (exact) mass is 280 g/mol. The number of halogens is 1. The van der Waals surface area contributed by atoms with Crippen molar-refractivity contribution >= 4 is 29.0 Å². The molecular formula is C12H9FN2O3S. The Labute approximate surface area is 111 Å². The zero-order valence-electron chi connectivity index (χ0n) is 9.51. The topological polar surface area (TPSA) is 92.4 Å². The average Bonchev–Trinajstić information content (AvgIpc) is 2.72. The maximum absolute atomic E-state index is 13.1. The first kappa shape index (κ1) is 13.0. The minimum absolute atomic E-state index is 0.0574. The van der Waals surface area contributed by atoms with E-state index in [2.05, 4.69) is 5.32 Å². The summed E-state index contributed by atoms with van der Waals surface area (Å²) in [5.41, 5.74) is 5.60. The molecule has 2 aromatic rings. The first-order valence-electron chi connectivity index (χ1n) is 5.17. The Hall–Kier alpha value is -2.41. The molecule has 0 atom stereocenters. The quantitative estimate of drug-likeness (QED) is 0.807. The zero-order valence-corrected chi connectivity index (χ0v) is 10.3. The Morgan fingerprint density at radius 3 is 2.63 bits per heavy atom. The predicted molar refractivity (Wildman–Crippen MR) is 69.9 cm³/mol. The standard InChI is InChI=1S/C12H9FN2O3S/c13-7-3-1-2-6(4-7)9-5-8(15-12(14)18)10(19-9)11(16)17/h1-5H,(H,16,17)(H3,14,15,18). The van der Waals surface area contributed by atoms with E-state index >= 15 is 0 Å². The van der Waals surface area contributed by atoms with Crippen LogP contribution in [0.25, 0.3) is 10.4 Å². The van der Waals surface area contributed by atoms with Gasteiger partial charge in [-0.2, -0.15) is 0 Å². The maximum atomic E-state index is 13.1. The highest BCUT2D eigenvalue weighted by atomic mass is 32.1. The summed E-state index contributed by atoms with van der Waals surface area (Å²) in [6, 6.07) is 6.34. The van der Waals surface area contributed by atoms with Gasteiger partial charge < -0.3 is 16.2 Å². The van der Waals surface area contributed by atoms with E-state index in [1.807, 2.05) is 0 Å². The molecule has 1 heterocycles. The Morgan fingerprint density at radius 2 is 2.05 bits per heavy atom. The van der Waals surface area contributed by atoms with Gasteiger partial charge in [-0.05, 0) is 23.8 Å². The van der Waals surface area contributed by atoms with Gasteiger partial charge in [0.05, 0.1) is 5.69 Å². The van der Waals surface area contributed by atoms with Crippen LogP contribution >= 0.6 is 11.3 Å². The summed E-state index contributed by atoms with van der Waals surface area (Å²) < 4.78 is 13.1. The lowest BCUT2D eigenvalue weighted by Crippen LogP contribution is -2.20. The molecule has 0 saturated heterocycles. The molecule has 2 amide bonds. The van der Waals surface area contributed by atoms with Gasteiger partial charge in [-0.15, -0.1) is 11.3 Å². The van der Waals surface area contributed by atoms with E-state index in [1.54, 1.807) is 6.07 Å². The van der Waals surface area contributed by atoms with E-state index < -0.39 is 17.8 Å². The number of carboxylic acid groups (broad SMARTS) is 1. The van der Waals surface area contributed by atoms with E-state index in [4.69, 9.17) is 10.8 Å². The molecule has 0 unspecified atom stereocenters. The van der Waals surface area contributed by atoms with Crippen LogP contribution in [0.1, 0.15) is 9.67 Å². The lowest BCUT2D eigenvalue weighted by Gasteiger charge is -1.98. The Balaban J connectivity index is 2.48. The maximum Gasteiger partial charge on any atom is 0.348 e. The summed E-state index contributed by atoms with van der Waals surface area (Å²) in [5, 5.41) is 11.3. The van der Waals surface area contributed by atoms with Crippen molar-refractivity contribution < 1.29 is 19.1 Å². The number of benzene rings is 1. The van der Waals surface area contributed by atoms with Crippen LogP contribution in [0, 0.1) is 5.82 Å². The van der Waals surface area contributed by atoms with Crippen molar-refractivity contribution in [1.29, 1.82) is 0 Å². The van der Waals surface area contributed by atoms with Gasteiger partial charge in [0, 0.05) is 4.88 Å². The van der Waals surface area contributed by atoms with Crippen molar-refractivity contribution in [2.75, 3.05) is 5.32 Å². The highest BCUT2D eigenvalue weighted by molar-refractivity contribution is 7.18. The fourth-order valence-corrected chi connectivity index (χ4v) is 2.51. The molecule has 1 aromatic heterocycles. The summed E-state index contributed by atoms with van der Waals surface area (Å²) in [6.07, 6.45) is 0. The van der Waals surface area contributed by atoms with E-state index in [1.165, 1.54) is 24.3 Å². The third kappa shape index (κ3) is 2.89. The molecule has 0 spiro atoms. The minimum Gasteiger partial charge on any atom is -0.477 e. The molecule has 0 aliphatic rings. The average molecular weight is 280 g/mol. The number of carbonyl (C=O) groups is 2. The van der Waals surface area contributed by atoms with Crippen molar-refractivity contribution in [2.24, 2.45) is 5.73 Å². The molecule has 2 rings (SSSR count). The summed E-state index contributed by atoms with van der Waals surface area (Å²) in [4.78, 5) is 22.3. The number of hydrogen-bond donors (Lipinski definition) is 3. The van der Waals surface area contributed by atoms with Crippen molar-refractivity contribution in [2.45, 2.75) is 0 Å². The van der Waals surface area contributed by atoms with Gasteiger partial charge in [0.25, 0.3) is 0 Å². The van der Waals surface area contributed by atoms with Crippen LogP contribution in [0.15, 0.2) is 30.3 Å². The highest BCUT2D eigenvalue weighted by Crippen LogP contribution is 2.35. The number of urea groups is 1. The number of thiophene rings is 1. The Kier molecular flexibility index (Phi) is 3.48. The van der Waals surface area contributed by atoms with Gasteiger partial charge in [-0.25, -0.2) is 14.0 Å². The number of aromatic carboxylic acids is 1. The molecule has 19 heavy (non-hydrogen) atoms. The Morgan fingerprint density at radius 1 is 1.32 bits per heavy atom. The number of carboxylic acids is 1. The van der Waals surface area contributed by atoms with Crippen LogP contribution in [0.3, 0.4) is 0 Å². The number of carbonyl (C=O) groups excluding carboxylic acids is 1. The second-order valence-corrected chi connectivity index (χ2v) is 4.71. The number of primary amides is 1. The first-order chi connectivity index (χ1) is 8.97. The van der Waals surface area contributed by atoms with Crippen LogP contribution in [-0.2, 0) is 0 Å². The molecular weight excluding hydrogens is 271 g/mol. The summed E-state index contributed by atoms with van der Waals surface area (Å²) >= 11 is 0.935. The fraction of sp³-hybridized carbons (Fsp3) is 0. The first-order valence-corrected chi connectivity index (χ1v) is 5.98. The highest BCUT2D eigenvalue weighted by Gasteiger charge is 2.17. The molecule has 0 aliphatic carbocycles. The molecule has 0 saturated carbocycles. The van der Waals surface area contributed by atoms with Crippen molar-refractivity contribution in [1.82, 2.24) is 0 Å². The van der Waals surface area contributed by atoms with Crippen molar-refractivity contribution in [3.05, 3.63) is 41.0 Å². The SMILES string of the molecule is NC(=O)Nc1cc(-c2cccc(F)c2)sc1C(=O)O. The molecule has 1 aromatic carbocycles. The third-order valence-corrected chi connectivity index (χ3v) is 3.47. The van der Waals surface area contributed by atoms with Crippen LogP contribution in [0.5, 0.6) is 0 Å². The number of rotatable bonds is 3. The Bertz CT molecular complexity index is 654. The number of anilines is 1. The van der Waals surface area contributed by atoms with Gasteiger partial charge in [-0.1, -0.05) is 12.1 Å². The smallest absolute Gasteiger partial charge is 0.348 e. The van der Waals surface area contributed by atoms with Crippen LogP contribution in [0.4, 0.5) is 14.9 Å². The second-order valence-electron chi connectivity index (χ2n) is 3.66. The van der Waals surface area contributed by atoms with E-state index in [0.717, 1.165) is 11.3 Å². The van der Waals surface area contributed by atoms with Crippen LogP contribution < -0.4 is 11.1 Å². The van der Waals surface area contributed by atoms with Crippen LogP contribution in [-0.4, -0.2) is 17.1 Å². The molecule has 7 heteroatoms. The lowest BCUT2D eigenvalue weighted by molar-refractivity contribution is 0.0703. The summed E-state index contributed by atoms with van der Waals surface area (Å²) in [7, 11) is 0. The largest absolute Gasteiger partial charge is 0.477 e. The normalized spacial score (nSPS) is 10.2. The van der Waals surface area contributed by atoms with Gasteiger partial charge in [0.2, 0.25) is 0 Å². The molecule has 98 valence electrons. The molecule has 0 aliphatic heterocycles. The molecule has 0 fully saturated rings. The molecule has 4 N–H and O–H groups in total. The van der Waals surface area contributed by atoms with E-state index in [9.17, 15) is 14.0 Å². The van der Waals surface area contributed by atoms with Gasteiger partial charge >= 0.3 is 12.0 Å². The van der Waals surface area contributed by atoms with Gasteiger partial charge in [-0.3, -0.25) is 0 Å². The number of amides is 2. The second kappa shape index (κ2) is 5.07.